The van der Waals surface area contributed by atoms with E-state index in [4.69, 9.17) is 9.47 Å². The van der Waals surface area contributed by atoms with Crippen LogP contribution in [0.1, 0.15) is 19.4 Å². The number of rotatable bonds is 3. The molecule has 0 N–H and O–H groups in total. The van der Waals surface area contributed by atoms with E-state index >= 15 is 0 Å². The Morgan fingerprint density at radius 1 is 1.40 bits per heavy atom. The van der Waals surface area contributed by atoms with Crippen LogP contribution >= 0.6 is 0 Å². The Kier molecular flexibility index (Phi) is 4.08. The molecule has 1 unspecified atom stereocenters. The van der Waals surface area contributed by atoms with Crippen LogP contribution in [0, 0.1) is 0 Å². The highest BCUT2D eigenvalue weighted by Crippen LogP contribution is 2.22. The molecule has 0 radical (unpaired) electrons. The molecule has 1 amide bonds. The highest BCUT2D eigenvalue weighted by atomic mass is 16.7. The van der Waals surface area contributed by atoms with Crippen molar-refractivity contribution < 1.29 is 19.1 Å². The summed E-state index contributed by atoms with van der Waals surface area (Å²) < 4.78 is 10.0. The summed E-state index contributed by atoms with van der Waals surface area (Å²) in [6.07, 6.45) is 0.797. The van der Waals surface area contributed by atoms with Crippen LogP contribution in [0.5, 0.6) is 0 Å². The molecule has 1 aliphatic rings. The van der Waals surface area contributed by atoms with Crippen LogP contribution in [-0.2, 0) is 20.7 Å². The number of hydrogen-bond donors (Lipinski definition) is 0. The summed E-state index contributed by atoms with van der Waals surface area (Å²) in [5.74, 6) is -0.459. The summed E-state index contributed by atoms with van der Waals surface area (Å²) in [5.41, 5.74) is 2.27. The van der Waals surface area contributed by atoms with Crippen molar-refractivity contribution in [3.8, 4) is 0 Å². The number of amides is 1. The second-order valence-corrected chi connectivity index (χ2v) is 4.55. The number of carbonyl (C=O) groups excluding carboxylic acids is 2. The van der Waals surface area contributed by atoms with Gasteiger partial charge in [-0.15, -0.1) is 0 Å². The Balaban J connectivity index is 2.08. The van der Waals surface area contributed by atoms with Crippen molar-refractivity contribution in [1.29, 1.82) is 0 Å². The third-order valence-electron chi connectivity index (χ3n) is 3.16. The van der Waals surface area contributed by atoms with Gasteiger partial charge < -0.3 is 9.47 Å². The lowest BCUT2D eigenvalue weighted by molar-refractivity contribution is -0.151. The summed E-state index contributed by atoms with van der Waals surface area (Å²) in [7, 11) is 1.63. The molecule has 0 aliphatic carbocycles. The molecule has 20 heavy (non-hydrogen) atoms. The first-order chi connectivity index (χ1) is 9.52. The number of ether oxygens (including phenoxy) is 2. The Morgan fingerprint density at radius 2 is 2.10 bits per heavy atom. The van der Waals surface area contributed by atoms with E-state index in [9.17, 15) is 9.59 Å². The number of nitrogens with zero attached hydrogens (tertiary/aromatic N) is 1. The Morgan fingerprint density at radius 3 is 2.70 bits per heavy atom. The number of hydrogen-bond acceptors (Lipinski definition) is 4. The fourth-order valence-corrected chi connectivity index (χ4v) is 1.98. The maximum Gasteiger partial charge on any atom is 0.417 e. The van der Waals surface area contributed by atoms with Crippen LogP contribution in [0.2, 0.25) is 0 Å². The lowest BCUT2D eigenvalue weighted by Crippen LogP contribution is -2.31. The maximum atomic E-state index is 12.1. The predicted molar refractivity (Wildman–Crippen MR) is 74.3 cm³/mol. The van der Waals surface area contributed by atoms with Crippen molar-refractivity contribution in [2.75, 3.05) is 11.9 Å². The number of carbonyl (C=O) groups is 2. The van der Waals surface area contributed by atoms with Crippen molar-refractivity contribution in [1.82, 2.24) is 0 Å². The molecule has 1 aliphatic heterocycles. The van der Waals surface area contributed by atoms with Gasteiger partial charge in [0, 0.05) is 24.4 Å². The van der Waals surface area contributed by atoms with E-state index in [1.54, 1.807) is 14.0 Å². The molecular weight excluding hydrogens is 258 g/mol. The van der Waals surface area contributed by atoms with Crippen LogP contribution < -0.4 is 4.90 Å². The van der Waals surface area contributed by atoms with Gasteiger partial charge >= 0.3 is 12.1 Å². The van der Waals surface area contributed by atoms with E-state index in [-0.39, 0.29) is 0 Å². The lowest BCUT2D eigenvalue weighted by atomic mass is 10.1. The molecule has 5 nitrogen and oxygen atoms in total. The first kappa shape index (κ1) is 14.1. The number of cyclic esters (lactones) is 1. The number of benzene rings is 1. The Hall–Kier alpha value is -2.30. The number of aryl methyl sites for hydroxylation is 1. The largest absolute Gasteiger partial charge is 0.418 e. The fourth-order valence-electron chi connectivity index (χ4n) is 1.98. The topological polar surface area (TPSA) is 55.8 Å². The van der Waals surface area contributed by atoms with Crippen molar-refractivity contribution in [2.24, 2.45) is 0 Å². The lowest BCUT2D eigenvalue weighted by Gasteiger charge is -2.21. The van der Waals surface area contributed by atoms with Crippen LogP contribution in [-0.4, -0.2) is 25.4 Å². The fraction of sp³-hybridized carbons (Fsp3) is 0.333. The molecule has 0 bridgehead atoms. The SMILES string of the molecule is CCc1ccccc1N(C)C(=O)OC1C=C(C)C(=O)O1. The minimum Gasteiger partial charge on any atom is -0.418 e. The van der Waals surface area contributed by atoms with Gasteiger partial charge in [0.15, 0.2) is 0 Å². The molecule has 106 valence electrons. The molecule has 5 heteroatoms. The molecule has 1 atom stereocenters. The molecule has 1 heterocycles. The van der Waals surface area contributed by atoms with E-state index in [2.05, 4.69) is 0 Å². The maximum absolute atomic E-state index is 12.1. The van der Waals surface area contributed by atoms with E-state index in [1.165, 1.54) is 11.0 Å². The number of para-hydroxylation sites is 1. The van der Waals surface area contributed by atoms with E-state index < -0.39 is 18.4 Å². The third kappa shape index (κ3) is 2.82. The number of esters is 1. The molecule has 0 fully saturated rings. The number of anilines is 1. The first-order valence-electron chi connectivity index (χ1n) is 6.44. The zero-order chi connectivity index (χ0) is 14.7. The van der Waals surface area contributed by atoms with Crippen LogP contribution in [0.15, 0.2) is 35.9 Å². The molecule has 0 saturated carbocycles. The van der Waals surface area contributed by atoms with Crippen molar-refractivity contribution in [2.45, 2.75) is 26.6 Å². The van der Waals surface area contributed by atoms with Crippen LogP contribution in [0.3, 0.4) is 0 Å². The van der Waals surface area contributed by atoms with E-state index in [1.807, 2.05) is 31.2 Å². The third-order valence-corrected chi connectivity index (χ3v) is 3.16. The summed E-state index contributed by atoms with van der Waals surface area (Å²) >= 11 is 0. The molecular formula is C15H17NO4. The quantitative estimate of drug-likeness (QED) is 0.796. The molecule has 1 aromatic carbocycles. The second-order valence-electron chi connectivity index (χ2n) is 4.55. The monoisotopic (exact) mass is 275 g/mol. The van der Waals surface area contributed by atoms with Gasteiger partial charge in [-0.1, -0.05) is 25.1 Å². The van der Waals surface area contributed by atoms with Crippen molar-refractivity contribution in [3.05, 3.63) is 41.5 Å². The molecule has 0 saturated heterocycles. The highest BCUT2D eigenvalue weighted by Gasteiger charge is 2.27. The van der Waals surface area contributed by atoms with E-state index in [0.29, 0.717) is 5.57 Å². The zero-order valence-corrected chi connectivity index (χ0v) is 11.8. The molecule has 0 aromatic heterocycles. The van der Waals surface area contributed by atoms with Crippen LogP contribution in [0.4, 0.5) is 10.5 Å². The summed E-state index contributed by atoms with van der Waals surface area (Å²) in [6.45, 7) is 3.63. The van der Waals surface area contributed by atoms with Gasteiger partial charge in [-0.25, -0.2) is 9.59 Å². The second kappa shape index (κ2) is 5.77. The minimum atomic E-state index is -0.939. The normalized spacial score (nSPS) is 17.4. The van der Waals surface area contributed by atoms with Gasteiger partial charge in [0.25, 0.3) is 6.29 Å². The summed E-state index contributed by atoms with van der Waals surface area (Å²) in [5, 5.41) is 0. The average molecular weight is 275 g/mol. The Bertz CT molecular complexity index is 565. The summed E-state index contributed by atoms with van der Waals surface area (Å²) in [4.78, 5) is 24.7. The van der Waals surface area contributed by atoms with Crippen molar-refractivity contribution in [3.63, 3.8) is 0 Å². The van der Waals surface area contributed by atoms with Gasteiger partial charge in [0.1, 0.15) is 0 Å². The predicted octanol–water partition coefficient (Wildman–Crippen LogP) is 2.65. The summed E-state index contributed by atoms with van der Waals surface area (Å²) in [6, 6.07) is 7.59. The van der Waals surface area contributed by atoms with Gasteiger partial charge in [0.2, 0.25) is 0 Å². The first-order valence-corrected chi connectivity index (χ1v) is 6.44. The average Bonchev–Trinajstić information content (AvgIpc) is 2.76. The molecule has 2 rings (SSSR count). The smallest absolute Gasteiger partial charge is 0.417 e. The minimum absolute atomic E-state index is 0.444. The van der Waals surface area contributed by atoms with E-state index in [0.717, 1.165) is 17.7 Å². The molecule has 1 aromatic rings. The highest BCUT2D eigenvalue weighted by molar-refractivity contribution is 5.91. The standard InChI is InChI=1S/C15H17NO4/c1-4-11-7-5-6-8-12(11)16(3)15(18)20-13-9-10(2)14(17)19-13/h5-9,13H,4H2,1-3H3. The van der Waals surface area contributed by atoms with Gasteiger partial charge in [-0.2, -0.15) is 0 Å². The molecule has 0 spiro atoms. The van der Waals surface area contributed by atoms with Crippen LogP contribution in [0.25, 0.3) is 0 Å². The van der Waals surface area contributed by atoms with Gasteiger partial charge in [-0.3, -0.25) is 4.90 Å². The van der Waals surface area contributed by atoms with Gasteiger partial charge in [0.05, 0.1) is 0 Å². The van der Waals surface area contributed by atoms with Gasteiger partial charge in [-0.05, 0) is 25.0 Å². The zero-order valence-electron chi connectivity index (χ0n) is 11.8. The van der Waals surface area contributed by atoms with Crippen molar-refractivity contribution >= 4 is 17.7 Å². The Labute approximate surface area is 117 Å².